The average molecular weight is 672 g/mol. The third-order valence-corrected chi connectivity index (χ3v) is 13.1. The molecule has 1 aliphatic heterocycles. The van der Waals surface area contributed by atoms with Crippen molar-refractivity contribution in [3.63, 3.8) is 0 Å². The van der Waals surface area contributed by atoms with Crippen molar-refractivity contribution in [2.75, 3.05) is 0 Å². The van der Waals surface area contributed by atoms with E-state index in [0.29, 0.717) is 17.5 Å². The molecule has 0 fully saturated rings. The molecule has 8 aromatic rings. The highest BCUT2D eigenvalue weighted by atomic mass is 28.3. The molecule has 0 unspecified atom stereocenters. The highest BCUT2D eigenvalue weighted by Gasteiger charge is 2.41. The second-order valence-electron chi connectivity index (χ2n) is 13.3. The van der Waals surface area contributed by atoms with Gasteiger partial charge < -0.3 is 0 Å². The number of hydrogen-bond donors (Lipinski definition) is 0. The van der Waals surface area contributed by atoms with Crippen LogP contribution in [-0.4, -0.2) is 33.0 Å². The summed E-state index contributed by atoms with van der Waals surface area (Å²) in [6.45, 7) is 4.80. The van der Waals surface area contributed by atoms with Crippen LogP contribution in [0.4, 0.5) is 0 Å². The van der Waals surface area contributed by atoms with Crippen molar-refractivity contribution in [2.45, 2.75) is 13.1 Å². The standard InChI is InChI=1S/C45H33N5Si/c1-51(2)38-21-13-12-20-37(38)39-40(32-14-6-3-7-15-32)46-41(50-45(39)51)35-26-22-30(23-27-35)31-24-28-36(29-25-31)44-48-42(33-16-8-4-9-17-33)47-43(49-44)34-18-10-5-11-19-34/h3-29H,1-2H3. The molecule has 0 spiro atoms. The third kappa shape index (κ3) is 5.56. The first-order valence-corrected chi connectivity index (χ1v) is 20.2. The van der Waals surface area contributed by atoms with Crippen LogP contribution in [0.25, 0.3) is 79.1 Å². The summed E-state index contributed by atoms with van der Waals surface area (Å²) in [5.74, 6) is 2.71. The minimum Gasteiger partial charge on any atom is -0.237 e. The molecule has 6 heteroatoms. The molecule has 0 aliphatic carbocycles. The van der Waals surface area contributed by atoms with E-state index in [0.717, 1.165) is 50.5 Å². The van der Waals surface area contributed by atoms with Crippen molar-refractivity contribution in [1.82, 2.24) is 24.9 Å². The van der Waals surface area contributed by atoms with Crippen molar-refractivity contribution in [2.24, 2.45) is 0 Å². The van der Waals surface area contributed by atoms with E-state index < -0.39 is 8.07 Å². The number of nitrogens with zero attached hydrogens (tertiary/aromatic N) is 5. The maximum Gasteiger partial charge on any atom is 0.164 e. The van der Waals surface area contributed by atoms with Gasteiger partial charge >= 0.3 is 0 Å². The third-order valence-electron chi connectivity index (χ3n) is 9.74. The number of benzene rings is 6. The lowest BCUT2D eigenvalue weighted by Crippen LogP contribution is -2.50. The van der Waals surface area contributed by atoms with Gasteiger partial charge in [0.15, 0.2) is 23.3 Å². The van der Waals surface area contributed by atoms with Gasteiger partial charge in [0.05, 0.1) is 5.69 Å². The Morgan fingerprint density at radius 1 is 0.333 bits per heavy atom. The Labute approximate surface area is 298 Å². The van der Waals surface area contributed by atoms with E-state index in [1.165, 1.54) is 21.6 Å². The van der Waals surface area contributed by atoms with Gasteiger partial charge in [-0.05, 0) is 21.9 Å². The van der Waals surface area contributed by atoms with E-state index in [2.05, 4.69) is 116 Å². The summed E-state index contributed by atoms with van der Waals surface area (Å²) in [5.41, 5.74) is 10.6. The van der Waals surface area contributed by atoms with Crippen molar-refractivity contribution in [3.05, 3.63) is 164 Å². The van der Waals surface area contributed by atoms with Gasteiger partial charge in [0.25, 0.3) is 0 Å². The lowest BCUT2D eigenvalue weighted by atomic mass is 10.00. The van der Waals surface area contributed by atoms with Crippen LogP contribution in [0, 0.1) is 0 Å². The summed E-state index contributed by atoms with van der Waals surface area (Å²) in [6, 6.07) is 56.4. The van der Waals surface area contributed by atoms with Crippen molar-refractivity contribution >= 4 is 18.6 Å². The normalized spacial score (nSPS) is 12.7. The molecule has 242 valence electrons. The Morgan fingerprint density at radius 2 is 0.706 bits per heavy atom. The lowest BCUT2D eigenvalue weighted by Gasteiger charge is -2.19. The van der Waals surface area contributed by atoms with E-state index in [-0.39, 0.29) is 0 Å². The summed E-state index contributed by atoms with van der Waals surface area (Å²) >= 11 is 0. The topological polar surface area (TPSA) is 64.5 Å². The Hall–Kier alpha value is -6.37. The van der Waals surface area contributed by atoms with Crippen LogP contribution in [0.15, 0.2) is 164 Å². The Balaban J connectivity index is 1.06. The molecule has 0 bridgehead atoms. The van der Waals surface area contributed by atoms with Crippen LogP contribution < -0.4 is 10.5 Å². The minimum atomic E-state index is -2.02. The average Bonchev–Trinajstić information content (AvgIpc) is 3.44. The fourth-order valence-corrected chi connectivity index (χ4v) is 9.95. The van der Waals surface area contributed by atoms with E-state index >= 15 is 0 Å². The predicted molar refractivity (Wildman–Crippen MR) is 210 cm³/mol. The molecule has 0 saturated heterocycles. The zero-order chi connectivity index (χ0) is 34.4. The van der Waals surface area contributed by atoms with Crippen LogP contribution >= 0.6 is 0 Å². The maximum atomic E-state index is 5.31. The van der Waals surface area contributed by atoms with E-state index in [1.807, 2.05) is 60.7 Å². The van der Waals surface area contributed by atoms with Crippen LogP contribution in [0.1, 0.15) is 0 Å². The molecule has 0 amide bonds. The van der Waals surface area contributed by atoms with Crippen LogP contribution in [-0.2, 0) is 0 Å². The van der Waals surface area contributed by atoms with Gasteiger partial charge in [-0.1, -0.05) is 177 Å². The Morgan fingerprint density at radius 3 is 1.20 bits per heavy atom. The van der Waals surface area contributed by atoms with Crippen molar-refractivity contribution in [3.8, 4) is 79.1 Å². The monoisotopic (exact) mass is 671 g/mol. The minimum absolute atomic E-state index is 0.640. The molecule has 2 aromatic heterocycles. The van der Waals surface area contributed by atoms with E-state index in [1.54, 1.807) is 0 Å². The van der Waals surface area contributed by atoms with Gasteiger partial charge in [-0.3, -0.25) is 0 Å². The van der Waals surface area contributed by atoms with Gasteiger partial charge in [0.1, 0.15) is 8.07 Å². The second-order valence-corrected chi connectivity index (χ2v) is 17.6. The molecule has 5 nitrogen and oxygen atoms in total. The fourth-order valence-electron chi connectivity index (χ4n) is 7.04. The van der Waals surface area contributed by atoms with Crippen molar-refractivity contribution < 1.29 is 0 Å². The number of hydrogen-bond acceptors (Lipinski definition) is 5. The molecule has 51 heavy (non-hydrogen) atoms. The molecule has 3 heterocycles. The summed E-state index contributed by atoms with van der Waals surface area (Å²) < 4.78 is 0. The van der Waals surface area contributed by atoms with E-state index in [4.69, 9.17) is 24.9 Å². The first-order chi connectivity index (χ1) is 25.0. The predicted octanol–water partition coefficient (Wildman–Crippen LogP) is 9.47. The quantitative estimate of drug-likeness (QED) is 0.165. The van der Waals surface area contributed by atoms with Crippen LogP contribution in [0.5, 0.6) is 0 Å². The van der Waals surface area contributed by atoms with Crippen LogP contribution in [0.2, 0.25) is 13.1 Å². The lowest BCUT2D eigenvalue weighted by molar-refractivity contribution is 1.07. The molecule has 0 saturated carbocycles. The Bertz CT molecular complexity index is 2460. The highest BCUT2D eigenvalue weighted by molar-refractivity contribution is 7.03. The molecule has 0 atom stereocenters. The van der Waals surface area contributed by atoms with Crippen LogP contribution in [0.3, 0.4) is 0 Å². The zero-order valence-electron chi connectivity index (χ0n) is 28.3. The van der Waals surface area contributed by atoms with Gasteiger partial charge in [-0.2, -0.15) is 0 Å². The first-order valence-electron chi connectivity index (χ1n) is 17.2. The SMILES string of the molecule is C[Si]1(C)c2ccccc2-c2c(-c3ccccc3)nc(-c3ccc(-c4ccc(-c5nc(-c6ccccc6)nc(-c6ccccc6)n5)cc4)cc3)nc21. The maximum absolute atomic E-state index is 5.31. The Kier molecular flexibility index (Phi) is 7.52. The summed E-state index contributed by atoms with van der Waals surface area (Å²) in [6.07, 6.45) is 0. The number of rotatable bonds is 6. The molecule has 9 rings (SSSR count). The summed E-state index contributed by atoms with van der Waals surface area (Å²) in [4.78, 5) is 25.2. The van der Waals surface area contributed by atoms with Gasteiger partial charge in [0, 0.05) is 38.7 Å². The smallest absolute Gasteiger partial charge is 0.164 e. The zero-order valence-corrected chi connectivity index (χ0v) is 29.3. The van der Waals surface area contributed by atoms with Crippen molar-refractivity contribution in [1.29, 1.82) is 0 Å². The molecule has 6 aromatic carbocycles. The fraction of sp³-hybridized carbons (Fsp3) is 0.0444. The molecular formula is C45H33N5Si. The molecule has 0 N–H and O–H groups in total. The highest BCUT2D eigenvalue weighted by Crippen LogP contribution is 2.36. The van der Waals surface area contributed by atoms with Gasteiger partial charge in [-0.15, -0.1) is 0 Å². The largest absolute Gasteiger partial charge is 0.237 e. The van der Waals surface area contributed by atoms with E-state index in [9.17, 15) is 0 Å². The van der Waals surface area contributed by atoms with Gasteiger partial charge in [-0.25, -0.2) is 24.9 Å². The van der Waals surface area contributed by atoms with Gasteiger partial charge in [0.2, 0.25) is 0 Å². The second kappa shape index (κ2) is 12.5. The summed E-state index contributed by atoms with van der Waals surface area (Å²) in [7, 11) is -2.02. The summed E-state index contributed by atoms with van der Waals surface area (Å²) in [5, 5.41) is 2.63. The molecule has 0 radical (unpaired) electrons. The molecular weight excluding hydrogens is 639 g/mol. The first kappa shape index (κ1) is 30.7. The number of fused-ring (bicyclic) bond motifs is 3. The number of aromatic nitrogens is 5. The molecule has 1 aliphatic rings.